The second-order valence-corrected chi connectivity index (χ2v) is 8.57. The molecular weight excluding hydrogens is 373 g/mol. The quantitative estimate of drug-likeness (QED) is 0.377. The minimum absolute atomic E-state index is 0.199. The van der Waals surface area contributed by atoms with Crippen LogP contribution in [-0.4, -0.2) is 32.3 Å². The van der Waals surface area contributed by atoms with Gasteiger partial charge in [-0.2, -0.15) is 0 Å². The molecule has 0 aliphatic rings. The third-order valence-electron chi connectivity index (χ3n) is 5.88. The fraction of sp³-hybridized carbons (Fsp3) is 0.172. The number of fused-ring (bicyclic) bond motifs is 1. The van der Waals surface area contributed by atoms with Crippen LogP contribution in [0.15, 0.2) is 103 Å². The number of nitrogens with zero attached hydrogens (tertiary/aromatic N) is 1. The Morgan fingerprint density at radius 2 is 1.39 bits per heavy atom. The second kappa shape index (κ2) is 9.81. The summed E-state index contributed by atoms with van der Waals surface area (Å²) >= 11 is 0. The van der Waals surface area contributed by atoms with E-state index in [0.717, 1.165) is 13.0 Å². The molecule has 0 atom stereocenters. The molecule has 4 aromatic rings. The number of hydrogen-bond acceptors (Lipinski definition) is 1. The van der Waals surface area contributed by atoms with Gasteiger partial charge in [0.2, 0.25) is 6.71 Å². The van der Waals surface area contributed by atoms with E-state index in [0.29, 0.717) is 0 Å². The van der Waals surface area contributed by atoms with Crippen LogP contribution in [-0.2, 0) is 0 Å². The molecule has 0 N–H and O–H groups in total. The van der Waals surface area contributed by atoms with Gasteiger partial charge in [0.15, 0.2) is 0 Å². The monoisotopic (exact) mass is 403 g/mol. The van der Waals surface area contributed by atoms with Crippen LogP contribution in [0.25, 0.3) is 16.2 Å². The highest BCUT2D eigenvalue weighted by molar-refractivity contribution is 6.99. The Labute approximate surface area is 187 Å². The summed E-state index contributed by atoms with van der Waals surface area (Å²) in [5.41, 5.74) is 6.63. The van der Waals surface area contributed by atoms with Gasteiger partial charge in [-0.3, -0.25) is 0 Å². The zero-order chi connectivity index (χ0) is 21.6. The molecule has 0 saturated heterocycles. The zero-order valence-electron chi connectivity index (χ0n) is 18.8. The summed E-state index contributed by atoms with van der Waals surface area (Å²) in [7, 11) is 4.27. The fourth-order valence-corrected chi connectivity index (χ4v) is 4.21. The van der Waals surface area contributed by atoms with E-state index in [1.54, 1.807) is 0 Å². The molecule has 4 rings (SSSR count). The zero-order valence-corrected chi connectivity index (χ0v) is 18.8. The lowest BCUT2D eigenvalue weighted by molar-refractivity contribution is 0.417. The van der Waals surface area contributed by atoms with Crippen molar-refractivity contribution < 1.29 is 0 Å². The van der Waals surface area contributed by atoms with Crippen molar-refractivity contribution in [3.63, 3.8) is 0 Å². The van der Waals surface area contributed by atoms with Crippen molar-refractivity contribution in [2.24, 2.45) is 0 Å². The van der Waals surface area contributed by atoms with Crippen LogP contribution in [0.2, 0.25) is 0 Å². The van der Waals surface area contributed by atoms with E-state index >= 15 is 0 Å². The molecular formula is C29H30BN. The molecule has 4 aromatic carbocycles. The highest BCUT2D eigenvalue weighted by atomic mass is 15.0. The highest BCUT2D eigenvalue weighted by Crippen LogP contribution is 2.24. The Bertz CT molecular complexity index is 1160. The van der Waals surface area contributed by atoms with Gasteiger partial charge in [0, 0.05) is 6.54 Å². The van der Waals surface area contributed by atoms with Crippen LogP contribution in [0.4, 0.5) is 0 Å². The molecule has 0 radical (unpaired) electrons. The first kappa shape index (κ1) is 21.1. The highest BCUT2D eigenvalue weighted by Gasteiger charge is 2.25. The molecule has 0 aromatic heterocycles. The predicted molar refractivity (Wildman–Crippen MR) is 138 cm³/mol. The van der Waals surface area contributed by atoms with Crippen molar-refractivity contribution in [2.75, 3.05) is 20.6 Å². The molecule has 0 saturated carbocycles. The Balaban J connectivity index is 1.87. The number of hydrogen-bond donors (Lipinski definition) is 0. The van der Waals surface area contributed by atoms with E-state index in [1.165, 1.54) is 38.3 Å². The van der Waals surface area contributed by atoms with E-state index in [4.69, 9.17) is 0 Å². The molecule has 0 heterocycles. The largest absolute Gasteiger partial charge is 0.309 e. The van der Waals surface area contributed by atoms with Crippen molar-refractivity contribution in [1.29, 1.82) is 0 Å². The van der Waals surface area contributed by atoms with E-state index < -0.39 is 0 Å². The summed E-state index contributed by atoms with van der Waals surface area (Å²) in [6.45, 7) is 3.38. The van der Waals surface area contributed by atoms with E-state index in [9.17, 15) is 0 Å². The summed E-state index contributed by atoms with van der Waals surface area (Å²) in [4.78, 5) is 2.25. The molecule has 2 heteroatoms. The maximum Gasteiger partial charge on any atom is 0.241 e. The van der Waals surface area contributed by atoms with Crippen molar-refractivity contribution in [3.8, 4) is 0 Å². The predicted octanol–water partition coefficient (Wildman–Crippen LogP) is 5.33. The van der Waals surface area contributed by atoms with Gasteiger partial charge >= 0.3 is 0 Å². The third-order valence-corrected chi connectivity index (χ3v) is 5.88. The van der Waals surface area contributed by atoms with Crippen LogP contribution in [0.1, 0.15) is 17.5 Å². The Hall–Kier alpha value is -3.10. The van der Waals surface area contributed by atoms with Crippen LogP contribution >= 0.6 is 0 Å². The summed E-state index contributed by atoms with van der Waals surface area (Å²) in [6, 6.07) is 35.4. The van der Waals surface area contributed by atoms with Gasteiger partial charge in [0.25, 0.3) is 0 Å². The molecule has 0 unspecified atom stereocenters. The Kier molecular flexibility index (Phi) is 6.69. The molecule has 0 amide bonds. The standard InChI is InChI=1S/C29H30BN/c1-23-15-19-28(20-16-23)30(27-12-5-4-6-13-27)29(14-9-21-31(2)3)26-18-17-24-10-7-8-11-25(24)22-26/h4-8,10-20,22H,9,21H2,1-3H3/b29-14-. The van der Waals surface area contributed by atoms with Gasteiger partial charge in [-0.1, -0.05) is 119 Å². The summed E-state index contributed by atoms with van der Waals surface area (Å²) < 4.78 is 0. The lowest BCUT2D eigenvalue weighted by Crippen LogP contribution is -2.43. The van der Waals surface area contributed by atoms with Gasteiger partial charge < -0.3 is 4.90 Å². The van der Waals surface area contributed by atoms with E-state index in [2.05, 4.69) is 129 Å². The minimum Gasteiger partial charge on any atom is -0.309 e. The summed E-state index contributed by atoms with van der Waals surface area (Å²) in [5.74, 6) is 0. The first-order valence-corrected chi connectivity index (χ1v) is 11.1. The molecule has 31 heavy (non-hydrogen) atoms. The SMILES string of the molecule is Cc1ccc(B(/C(=C\CCN(C)C)c2ccc3ccccc3c2)c2ccccc2)cc1. The van der Waals surface area contributed by atoms with Gasteiger partial charge in [-0.25, -0.2) is 0 Å². The average Bonchev–Trinajstić information content (AvgIpc) is 2.79. The number of rotatable bonds is 7. The van der Waals surface area contributed by atoms with Crippen LogP contribution in [0.5, 0.6) is 0 Å². The maximum absolute atomic E-state index is 2.45. The third kappa shape index (κ3) is 5.15. The first-order chi connectivity index (χ1) is 15.1. The Morgan fingerprint density at radius 1 is 0.742 bits per heavy atom. The Morgan fingerprint density at radius 3 is 2.10 bits per heavy atom. The van der Waals surface area contributed by atoms with E-state index in [1.807, 2.05) is 0 Å². The number of benzene rings is 4. The maximum atomic E-state index is 2.45. The van der Waals surface area contributed by atoms with E-state index in [-0.39, 0.29) is 6.71 Å². The van der Waals surface area contributed by atoms with Crippen molar-refractivity contribution in [3.05, 3.63) is 114 Å². The molecule has 1 nitrogen and oxygen atoms in total. The number of aryl methyl sites for hydroxylation is 1. The molecule has 0 bridgehead atoms. The van der Waals surface area contributed by atoms with Crippen LogP contribution < -0.4 is 10.9 Å². The molecule has 0 aliphatic heterocycles. The van der Waals surface area contributed by atoms with Crippen LogP contribution in [0.3, 0.4) is 0 Å². The normalized spacial score (nSPS) is 11.8. The topological polar surface area (TPSA) is 3.24 Å². The lowest BCUT2D eigenvalue weighted by Gasteiger charge is -2.21. The molecule has 0 aliphatic carbocycles. The summed E-state index contributed by atoms with van der Waals surface area (Å²) in [6.07, 6.45) is 3.46. The molecule has 0 fully saturated rings. The van der Waals surface area contributed by atoms with Crippen molar-refractivity contribution in [2.45, 2.75) is 13.3 Å². The average molecular weight is 403 g/mol. The second-order valence-electron chi connectivity index (χ2n) is 8.57. The molecule has 0 spiro atoms. The fourth-order valence-electron chi connectivity index (χ4n) is 4.21. The minimum atomic E-state index is 0.199. The first-order valence-electron chi connectivity index (χ1n) is 11.1. The van der Waals surface area contributed by atoms with Crippen molar-refractivity contribution >= 4 is 33.9 Å². The van der Waals surface area contributed by atoms with Gasteiger partial charge in [-0.05, 0) is 49.8 Å². The smallest absolute Gasteiger partial charge is 0.241 e. The van der Waals surface area contributed by atoms with Crippen molar-refractivity contribution in [1.82, 2.24) is 4.90 Å². The van der Waals surface area contributed by atoms with Crippen LogP contribution in [0, 0.1) is 6.92 Å². The molecule has 154 valence electrons. The summed E-state index contributed by atoms with van der Waals surface area (Å²) in [5, 5.41) is 2.57. The van der Waals surface area contributed by atoms with Gasteiger partial charge in [-0.15, -0.1) is 0 Å². The van der Waals surface area contributed by atoms with Gasteiger partial charge in [0.1, 0.15) is 0 Å². The van der Waals surface area contributed by atoms with Gasteiger partial charge in [0.05, 0.1) is 0 Å². The lowest BCUT2D eigenvalue weighted by atomic mass is 9.35.